The van der Waals surface area contributed by atoms with E-state index in [0.717, 1.165) is 66.9 Å². The number of methoxy groups -OCH3 is 1. The van der Waals surface area contributed by atoms with Crippen molar-refractivity contribution in [2.45, 2.75) is 65.0 Å². The van der Waals surface area contributed by atoms with E-state index in [-0.39, 0.29) is 12.0 Å². The van der Waals surface area contributed by atoms with Crippen LogP contribution in [-0.2, 0) is 17.8 Å². The molecule has 1 aliphatic carbocycles. The van der Waals surface area contributed by atoms with Crippen LogP contribution in [0.25, 0.3) is 11.1 Å². The summed E-state index contributed by atoms with van der Waals surface area (Å²) >= 11 is 0. The number of carboxylic acids is 1. The van der Waals surface area contributed by atoms with Gasteiger partial charge in [0, 0.05) is 29.9 Å². The van der Waals surface area contributed by atoms with E-state index < -0.39 is 17.7 Å². The molecule has 0 bridgehead atoms. The van der Waals surface area contributed by atoms with Gasteiger partial charge in [0.2, 0.25) is 5.88 Å². The van der Waals surface area contributed by atoms with Crippen LogP contribution in [0.5, 0.6) is 11.6 Å². The monoisotopic (exact) mass is 547 g/mol. The zero-order chi connectivity index (χ0) is 28.4. The minimum Gasteiger partial charge on any atom is -0.484 e. The number of hydrogen-bond donors (Lipinski definition) is 1. The van der Waals surface area contributed by atoms with Gasteiger partial charge < -0.3 is 14.6 Å². The average Bonchev–Trinajstić information content (AvgIpc) is 3.81. The summed E-state index contributed by atoms with van der Waals surface area (Å²) in [5, 5.41) is 9.72. The molecule has 1 N–H and O–H groups in total. The highest BCUT2D eigenvalue weighted by atomic mass is 19.1. The molecule has 7 nitrogen and oxygen atoms in total. The second kappa shape index (κ2) is 11.9. The molecule has 8 heteroatoms. The van der Waals surface area contributed by atoms with Crippen LogP contribution in [0.4, 0.5) is 4.39 Å². The van der Waals surface area contributed by atoms with E-state index in [1.807, 2.05) is 12.1 Å². The van der Waals surface area contributed by atoms with E-state index in [1.165, 1.54) is 13.3 Å². The van der Waals surface area contributed by atoms with Crippen LogP contribution in [0.15, 0.2) is 42.7 Å². The van der Waals surface area contributed by atoms with Gasteiger partial charge in [0.05, 0.1) is 24.9 Å². The molecule has 0 radical (unpaired) electrons. The number of nitrogens with zero attached hydrogens (tertiary/aromatic N) is 3. The van der Waals surface area contributed by atoms with E-state index in [4.69, 9.17) is 14.5 Å². The van der Waals surface area contributed by atoms with Crippen LogP contribution in [0.2, 0.25) is 0 Å². The molecular weight excluding hydrogens is 509 g/mol. The zero-order valence-electron chi connectivity index (χ0n) is 23.7. The molecule has 1 aromatic carbocycles. The van der Waals surface area contributed by atoms with Crippen molar-refractivity contribution in [3.05, 3.63) is 70.9 Å². The van der Waals surface area contributed by atoms with Gasteiger partial charge in [0.15, 0.2) is 0 Å². The summed E-state index contributed by atoms with van der Waals surface area (Å²) in [4.78, 5) is 22.9. The molecule has 0 spiro atoms. The number of aromatic nitrogens is 2. The SMILES string of the molecule is CCN(CC)Cc1cc(C2CCc3ccc([C@H](C4CC4)[C@H](C)C(=O)O)cc3O2)ncc1-c1cc(OC)ncc1F. The second-order valence-corrected chi connectivity index (χ2v) is 10.9. The van der Waals surface area contributed by atoms with Crippen molar-refractivity contribution in [3.8, 4) is 22.8 Å². The lowest BCUT2D eigenvalue weighted by molar-refractivity contribution is -0.142. The van der Waals surface area contributed by atoms with Gasteiger partial charge in [-0.1, -0.05) is 32.9 Å². The fraction of sp³-hybridized carbons (Fsp3) is 0.469. The molecule has 1 fully saturated rings. The molecule has 1 unspecified atom stereocenters. The van der Waals surface area contributed by atoms with Crippen molar-refractivity contribution in [1.29, 1.82) is 0 Å². The molecule has 2 aliphatic rings. The van der Waals surface area contributed by atoms with Crippen LogP contribution >= 0.6 is 0 Å². The normalized spacial score (nSPS) is 18.1. The Morgan fingerprint density at radius 3 is 2.58 bits per heavy atom. The molecule has 0 amide bonds. The smallest absolute Gasteiger partial charge is 0.306 e. The molecule has 3 heterocycles. The third-order valence-corrected chi connectivity index (χ3v) is 8.44. The molecule has 1 aliphatic heterocycles. The highest BCUT2D eigenvalue weighted by molar-refractivity contribution is 5.71. The zero-order valence-corrected chi connectivity index (χ0v) is 23.7. The van der Waals surface area contributed by atoms with Crippen molar-refractivity contribution in [3.63, 3.8) is 0 Å². The van der Waals surface area contributed by atoms with Gasteiger partial charge in [0.1, 0.15) is 17.7 Å². The number of aryl methyl sites for hydroxylation is 1. The molecule has 3 atom stereocenters. The Hall–Kier alpha value is -3.52. The van der Waals surface area contributed by atoms with Crippen molar-refractivity contribution < 1.29 is 23.8 Å². The van der Waals surface area contributed by atoms with Crippen molar-refractivity contribution in [1.82, 2.24) is 14.9 Å². The maximum Gasteiger partial charge on any atom is 0.306 e. The number of aliphatic carboxylic acids is 1. The van der Waals surface area contributed by atoms with Crippen LogP contribution in [0.3, 0.4) is 0 Å². The van der Waals surface area contributed by atoms with Crippen molar-refractivity contribution in [2.75, 3.05) is 20.2 Å². The summed E-state index contributed by atoms with van der Waals surface area (Å²) in [6.45, 7) is 8.40. The number of carboxylic acid groups (broad SMARTS) is 1. The first kappa shape index (κ1) is 28.0. The third-order valence-electron chi connectivity index (χ3n) is 8.44. The minimum absolute atomic E-state index is 0.0166. The van der Waals surface area contributed by atoms with Gasteiger partial charge in [-0.2, -0.15) is 0 Å². The second-order valence-electron chi connectivity index (χ2n) is 10.9. The first-order valence-electron chi connectivity index (χ1n) is 14.3. The summed E-state index contributed by atoms with van der Waals surface area (Å²) in [6.07, 6.45) is 6.42. The summed E-state index contributed by atoms with van der Waals surface area (Å²) in [6, 6.07) is 9.87. The maximum absolute atomic E-state index is 14.9. The number of pyridine rings is 2. The Balaban J connectivity index is 1.47. The number of benzene rings is 1. The van der Waals surface area contributed by atoms with Gasteiger partial charge in [-0.3, -0.25) is 14.7 Å². The van der Waals surface area contributed by atoms with E-state index in [9.17, 15) is 14.3 Å². The predicted octanol–water partition coefficient (Wildman–Crippen LogP) is 6.41. The van der Waals surface area contributed by atoms with Crippen LogP contribution in [0, 0.1) is 17.7 Å². The average molecular weight is 548 g/mol. The van der Waals surface area contributed by atoms with Crippen LogP contribution in [0.1, 0.15) is 74.4 Å². The lowest BCUT2D eigenvalue weighted by Crippen LogP contribution is -2.23. The number of ether oxygens (including phenoxy) is 2. The van der Waals surface area contributed by atoms with Gasteiger partial charge in [-0.25, -0.2) is 9.37 Å². The fourth-order valence-electron chi connectivity index (χ4n) is 5.87. The first-order valence-corrected chi connectivity index (χ1v) is 14.3. The number of rotatable bonds is 11. The van der Waals surface area contributed by atoms with Gasteiger partial charge in [0.25, 0.3) is 0 Å². The number of hydrogen-bond acceptors (Lipinski definition) is 6. The van der Waals surface area contributed by atoms with Gasteiger partial charge in [-0.05, 0) is 79.4 Å². The predicted molar refractivity (Wildman–Crippen MR) is 151 cm³/mol. The summed E-state index contributed by atoms with van der Waals surface area (Å²) < 4.78 is 26.7. The van der Waals surface area contributed by atoms with E-state index >= 15 is 0 Å². The van der Waals surface area contributed by atoms with Crippen LogP contribution in [-0.4, -0.2) is 46.1 Å². The molecule has 1 saturated carbocycles. The van der Waals surface area contributed by atoms with E-state index in [1.54, 1.807) is 19.2 Å². The Labute approximate surface area is 235 Å². The Morgan fingerprint density at radius 1 is 1.12 bits per heavy atom. The molecule has 0 saturated heterocycles. The molecular formula is C32H38FN3O4. The highest BCUT2D eigenvalue weighted by Gasteiger charge is 2.39. The van der Waals surface area contributed by atoms with Crippen molar-refractivity contribution in [2.24, 2.45) is 11.8 Å². The molecule has 5 rings (SSSR count). The Kier molecular flexibility index (Phi) is 8.35. The molecule has 40 heavy (non-hydrogen) atoms. The number of fused-ring (bicyclic) bond motifs is 1. The van der Waals surface area contributed by atoms with Gasteiger partial charge >= 0.3 is 5.97 Å². The minimum atomic E-state index is -0.762. The number of carbonyl (C=O) groups is 1. The Bertz CT molecular complexity index is 1370. The topological polar surface area (TPSA) is 84.8 Å². The van der Waals surface area contributed by atoms with Crippen LogP contribution < -0.4 is 9.47 Å². The first-order chi connectivity index (χ1) is 19.3. The van der Waals surface area contributed by atoms with E-state index in [0.29, 0.717) is 29.5 Å². The summed E-state index contributed by atoms with van der Waals surface area (Å²) in [5.74, 6) is -0.0928. The summed E-state index contributed by atoms with van der Waals surface area (Å²) in [5.41, 5.74) is 5.05. The van der Waals surface area contributed by atoms with E-state index in [2.05, 4.69) is 35.9 Å². The molecule has 3 aromatic rings. The third kappa shape index (κ3) is 5.82. The lowest BCUT2D eigenvalue weighted by atomic mass is 9.82. The lowest BCUT2D eigenvalue weighted by Gasteiger charge is -2.29. The largest absolute Gasteiger partial charge is 0.484 e. The molecule has 2 aromatic heterocycles. The highest BCUT2D eigenvalue weighted by Crippen LogP contribution is 2.48. The molecule has 212 valence electrons. The standard InChI is InChI=1S/C32H38FN3O4/c1-5-36(6-2)18-23-13-27(34-16-25(23)24-15-30(39-4)35-17-26(24)33)28-12-11-20-7-10-22(14-29(20)40-28)31(21-8-9-21)19(3)32(37)38/h7,10,13-17,19,21,28,31H,5-6,8-9,11-12,18H2,1-4H3,(H,37,38)/t19-,28?,31-/m0/s1. The Morgan fingerprint density at radius 2 is 1.90 bits per heavy atom. The van der Waals surface area contributed by atoms with Gasteiger partial charge in [-0.15, -0.1) is 0 Å². The number of halogens is 1. The maximum atomic E-state index is 14.9. The quantitative estimate of drug-likeness (QED) is 0.297. The fourth-order valence-corrected chi connectivity index (χ4v) is 5.87. The van der Waals surface area contributed by atoms with Crippen molar-refractivity contribution >= 4 is 5.97 Å². The summed E-state index contributed by atoms with van der Waals surface area (Å²) in [7, 11) is 1.51.